The number of rotatable bonds is 7. The van der Waals surface area contributed by atoms with Crippen molar-refractivity contribution < 1.29 is 13.2 Å². The number of hydrogen-bond donors (Lipinski definition) is 1. The van der Waals surface area contributed by atoms with Gasteiger partial charge in [-0.1, -0.05) is 6.42 Å². The average Bonchev–Trinajstić information content (AvgIpc) is 2.39. The van der Waals surface area contributed by atoms with E-state index in [2.05, 4.69) is 5.32 Å². The van der Waals surface area contributed by atoms with Gasteiger partial charge in [-0.25, -0.2) is 0 Å². The zero-order chi connectivity index (χ0) is 14.5. The van der Waals surface area contributed by atoms with Crippen LogP contribution in [-0.2, 0) is 14.9 Å². The lowest BCUT2D eigenvalue weighted by molar-refractivity contribution is 0.142. The Morgan fingerprint density at radius 3 is 2.74 bits per heavy atom. The molecular weight excluding hydrogens is 266 g/mol. The molecule has 114 valence electrons. The molecule has 6 nitrogen and oxygen atoms in total. The first-order chi connectivity index (χ1) is 8.95. The molecule has 1 heterocycles. The van der Waals surface area contributed by atoms with Gasteiger partial charge in [-0.3, -0.25) is 0 Å². The van der Waals surface area contributed by atoms with E-state index < -0.39 is 10.2 Å². The van der Waals surface area contributed by atoms with E-state index >= 15 is 0 Å². The molecule has 1 saturated heterocycles. The largest absolute Gasteiger partial charge is 0.383 e. The number of ether oxygens (including phenoxy) is 1. The molecule has 0 radical (unpaired) electrons. The normalized spacial score (nSPS) is 23.7. The van der Waals surface area contributed by atoms with E-state index in [1.165, 1.54) is 4.31 Å². The van der Waals surface area contributed by atoms with Crippen molar-refractivity contribution in [1.29, 1.82) is 0 Å². The number of nitrogens with zero attached hydrogens (tertiary/aromatic N) is 2. The van der Waals surface area contributed by atoms with E-state index in [1.807, 2.05) is 14.0 Å². The van der Waals surface area contributed by atoms with Crippen LogP contribution in [0.4, 0.5) is 0 Å². The Bertz CT molecular complexity index is 359. The smallest absolute Gasteiger partial charge is 0.282 e. The summed E-state index contributed by atoms with van der Waals surface area (Å²) in [7, 11) is 1.66. The van der Waals surface area contributed by atoms with Gasteiger partial charge in [0.25, 0.3) is 10.2 Å². The lowest BCUT2D eigenvalue weighted by atomic mass is 10.1. The number of methoxy groups -OCH3 is 1. The second kappa shape index (κ2) is 7.54. The van der Waals surface area contributed by atoms with E-state index in [-0.39, 0.29) is 12.1 Å². The Balaban J connectivity index is 2.83. The van der Waals surface area contributed by atoms with E-state index in [0.29, 0.717) is 19.7 Å². The van der Waals surface area contributed by atoms with Crippen LogP contribution in [0.5, 0.6) is 0 Å². The maximum Gasteiger partial charge on any atom is 0.282 e. The molecule has 0 spiro atoms. The van der Waals surface area contributed by atoms with E-state index in [4.69, 9.17) is 4.74 Å². The number of nitrogens with one attached hydrogen (secondary N) is 1. The summed E-state index contributed by atoms with van der Waals surface area (Å²) in [4.78, 5) is 0. The van der Waals surface area contributed by atoms with Crippen LogP contribution in [0.15, 0.2) is 0 Å². The van der Waals surface area contributed by atoms with Crippen LogP contribution < -0.4 is 5.32 Å². The van der Waals surface area contributed by atoms with E-state index in [9.17, 15) is 8.42 Å². The molecule has 2 atom stereocenters. The Labute approximate surface area is 117 Å². The highest BCUT2D eigenvalue weighted by Gasteiger charge is 2.36. The Morgan fingerprint density at radius 2 is 2.16 bits per heavy atom. The van der Waals surface area contributed by atoms with Crippen LogP contribution in [0.2, 0.25) is 0 Å². The number of hydrogen-bond acceptors (Lipinski definition) is 4. The van der Waals surface area contributed by atoms with E-state index in [1.54, 1.807) is 18.5 Å². The fraction of sp³-hybridized carbons (Fsp3) is 1.00. The van der Waals surface area contributed by atoms with Gasteiger partial charge in [0.05, 0.1) is 6.61 Å². The molecule has 1 rings (SSSR count). The summed E-state index contributed by atoms with van der Waals surface area (Å²) in [6, 6.07) is -0.104. The van der Waals surface area contributed by atoms with Gasteiger partial charge in [0.2, 0.25) is 0 Å². The molecular formula is C12H27N3O3S. The van der Waals surface area contributed by atoms with Gasteiger partial charge in [-0.05, 0) is 26.8 Å². The zero-order valence-corrected chi connectivity index (χ0v) is 13.2. The predicted octanol–water partition coefficient (Wildman–Crippen LogP) is 0.272. The van der Waals surface area contributed by atoms with Crippen LogP contribution in [0.25, 0.3) is 0 Å². The van der Waals surface area contributed by atoms with Crippen molar-refractivity contribution in [3.8, 4) is 0 Å². The Hall–Kier alpha value is -0.210. The maximum absolute atomic E-state index is 12.7. The first-order valence-corrected chi connectivity index (χ1v) is 8.23. The summed E-state index contributed by atoms with van der Waals surface area (Å²) in [5.74, 6) is 0. The topological polar surface area (TPSA) is 61.9 Å². The first kappa shape index (κ1) is 16.8. The van der Waals surface area contributed by atoms with Crippen molar-refractivity contribution in [3.63, 3.8) is 0 Å². The first-order valence-electron chi connectivity index (χ1n) is 6.83. The van der Waals surface area contributed by atoms with Crippen molar-refractivity contribution in [2.24, 2.45) is 0 Å². The molecule has 1 aliphatic heterocycles. The third-order valence-corrected chi connectivity index (χ3v) is 5.86. The second-order valence-corrected chi connectivity index (χ2v) is 7.09. The molecule has 1 N–H and O–H groups in total. The molecule has 0 aliphatic carbocycles. The number of likely N-dealkylation sites (N-methyl/N-ethyl adjacent to an activating group) is 2. The third-order valence-electron chi connectivity index (χ3n) is 3.70. The molecule has 19 heavy (non-hydrogen) atoms. The van der Waals surface area contributed by atoms with E-state index in [0.717, 1.165) is 19.3 Å². The fourth-order valence-electron chi connectivity index (χ4n) is 2.46. The molecule has 0 aromatic rings. The Kier molecular flexibility index (Phi) is 6.68. The highest BCUT2D eigenvalue weighted by atomic mass is 32.2. The molecule has 0 aromatic heterocycles. The van der Waals surface area contributed by atoms with Crippen molar-refractivity contribution >= 4 is 10.2 Å². The lowest BCUT2D eigenvalue weighted by Gasteiger charge is -2.38. The van der Waals surface area contributed by atoms with Crippen molar-refractivity contribution in [1.82, 2.24) is 13.9 Å². The van der Waals surface area contributed by atoms with Gasteiger partial charge in [-0.2, -0.15) is 17.0 Å². The number of piperidine rings is 1. The average molecular weight is 293 g/mol. The summed E-state index contributed by atoms with van der Waals surface area (Å²) >= 11 is 0. The van der Waals surface area contributed by atoms with Gasteiger partial charge < -0.3 is 10.1 Å². The quantitative estimate of drug-likeness (QED) is 0.732. The minimum absolute atomic E-state index is 0.0564. The minimum Gasteiger partial charge on any atom is -0.383 e. The zero-order valence-electron chi connectivity index (χ0n) is 12.4. The van der Waals surface area contributed by atoms with Crippen LogP contribution in [0.1, 0.15) is 26.2 Å². The standard InChI is InChI=1S/C12H27N3O3S/c1-11(10-18-4)14(3)19(16,17)15-8-6-5-7-12(15)9-13-2/h11-13H,5-10H2,1-4H3. The van der Waals surface area contributed by atoms with Gasteiger partial charge in [0.15, 0.2) is 0 Å². The van der Waals surface area contributed by atoms with Gasteiger partial charge in [0, 0.05) is 39.3 Å². The van der Waals surface area contributed by atoms with Crippen LogP contribution in [-0.4, -0.2) is 70.0 Å². The fourth-order valence-corrected chi connectivity index (χ4v) is 4.22. The molecule has 0 saturated carbocycles. The summed E-state index contributed by atoms with van der Waals surface area (Å²) < 4.78 is 33.4. The molecule has 1 fully saturated rings. The van der Waals surface area contributed by atoms with Crippen molar-refractivity contribution in [2.75, 3.05) is 40.9 Å². The second-order valence-electron chi connectivity index (χ2n) is 5.15. The summed E-state index contributed by atoms with van der Waals surface area (Å²) in [6.45, 7) is 3.57. The van der Waals surface area contributed by atoms with Crippen molar-refractivity contribution in [3.05, 3.63) is 0 Å². The molecule has 2 unspecified atom stereocenters. The summed E-state index contributed by atoms with van der Waals surface area (Å²) in [5.41, 5.74) is 0. The highest BCUT2D eigenvalue weighted by Crippen LogP contribution is 2.22. The minimum atomic E-state index is -3.41. The molecule has 0 bridgehead atoms. The summed E-state index contributed by atoms with van der Waals surface area (Å²) in [6.07, 6.45) is 2.95. The van der Waals surface area contributed by atoms with Gasteiger partial charge >= 0.3 is 0 Å². The summed E-state index contributed by atoms with van der Waals surface area (Å²) in [5, 5.41) is 3.08. The molecule has 1 aliphatic rings. The third kappa shape index (κ3) is 4.13. The molecule has 0 amide bonds. The van der Waals surface area contributed by atoms with Crippen LogP contribution in [0, 0.1) is 0 Å². The predicted molar refractivity (Wildman–Crippen MR) is 76.3 cm³/mol. The van der Waals surface area contributed by atoms with Crippen molar-refractivity contribution in [2.45, 2.75) is 38.3 Å². The lowest BCUT2D eigenvalue weighted by Crippen LogP contribution is -2.54. The molecule has 0 aromatic carbocycles. The van der Waals surface area contributed by atoms with Gasteiger partial charge in [-0.15, -0.1) is 0 Å². The molecule has 7 heteroatoms. The van der Waals surface area contributed by atoms with Crippen LogP contribution in [0.3, 0.4) is 0 Å². The monoisotopic (exact) mass is 293 g/mol. The Morgan fingerprint density at radius 1 is 1.47 bits per heavy atom. The van der Waals surface area contributed by atoms with Gasteiger partial charge in [0.1, 0.15) is 0 Å². The van der Waals surface area contributed by atoms with Crippen LogP contribution >= 0.6 is 0 Å². The maximum atomic E-state index is 12.7. The highest BCUT2D eigenvalue weighted by molar-refractivity contribution is 7.86. The SMILES string of the molecule is CNCC1CCCCN1S(=O)(=O)N(C)C(C)COC.